The number of para-hydroxylation sites is 1. The number of fused-ring (bicyclic) bond motifs is 1. The van der Waals surface area contributed by atoms with Gasteiger partial charge in [-0.2, -0.15) is 0 Å². The molecule has 0 saturated carbocycles. The van der Waals surface area contributed by atoms with E-state index in [1.807, 2.05) is 13.0 Å². The van der Waals surface area contributed by atoms with E-state index >= 15 is 0 Å². The lowest BCUT2D eigenvalue weighted by Gasteiger charge is -2.25. The molecule has 5 nitrogen and oxygen atoms in total. The normalized spacial score (nSPS) is 14.8. The summed E-state index contributed by atoms with van der Waals surface area (Å²) in [7, 11) is -3.56. The predicted molar refractivity (Wildman–Crippen MR) is 113 cm³/mol. The lowest BCUT2D eigenvalue weighted by atomic mass is 9.89. The van der Waals surface area contributed by atoms with Gasteiger partial charge in [0.1, 0.15) is 6.54 Å². The summed E-state index contributed by atoms with van der Waals surface area (Å²) in [6.45, 7) is 1.79. The number of hydrogen-bond donors (Lipinski definition) is 1. The molecule has 1 N–H and O–H groups in total. The Morgan fingerprint density at radius 2 is 1.75 bits per heavy atom. The summed E-state index contributed by atoms with van der Waals surface area (Å²) in [4.78, 5) is 12.7. The third-order valence-electron chi connectivity index (χ3n) is 5.25. The highest BCUT2D eigenvalue weighted by molar-refractivity contribution is 7.92. The molecule has 0 saturated heterocycles. The number of amides is 1. The van der Waals surface area contributed by atoms with Crippen LogP contribution in [0.4, 0.5) is 5.69 Å². The van der Waals surface area contributed by atoms with Crippen LogP contribution in [0, 0.1) is 0 Å². The zero-order valence-electron chi connectivity index (χ0n) is 16.5. The SMILES string of the molecule is CCC(NC(=O)CN(c1ccccc1)S(C)(=O)=O)c1ccc2c(c1)CCCC2. The average Bonchev–Trinajstić information content (AvgIpc) is 2.69. The Kier molecular flexibility index (Phi) is 6.39. The second kappa shape index (κ2) is 8.78. The molecule has 28 heavy (non-hydrogen) atoms. The topological polar surface area (TPSA) is 66.5 Å². The molecular formula is C22H28N2O3S. The van der Waals surface area contributed by atoms with Gasteiger partial charge >= 0.3 is 0 Å². The number of sulfonamides is 1. The van der Waals surface area contributed by atoms with E-state index in [1.54, 1.807) is 24.3 Å². The van der Waals surface area contributed by atoms with Gasteiger partial charge in [0.2, 0.25) is 15.9 Å². The van der Waals surface area contributed by atoms with Gasteiger partial charge in [-0.1, -0.05) is 43.3 Å². The van der Waals surface area contributed by atoms with E-state index in [1.165, 1.54) is 24.0 Å². The fourth-order valence-corrected chi connectivity index (χ4v) is 4.61. The number of nitrogens with zero attached hydrogens (tertiary/aromatic N) is 1. The van der Waals surface area contributed by atoms with Crippen LogP contribution in [0.3, 0.4) is 0 Å². The maximum atomic E-state index is 12.7. The number of carbonyl (C=O) groups is 1. The summed E-state index contributed by atoms with van der Waals surface area (Å²) in [6.07, 6.45) is 6.52. The van der Waals surface area contributed by atoms with E-state index in [-0.39, 0.29) is 18.5 Å². The summed E-state index contributed by atoms with van der Waals surface area (Å²) in [5.41, 5.74) is 4.35. The fourth-order valence-electron chi connectivity index (χ4n) is 3.76. The molecule has 6 heteroatoms. The molecule has 0 aromatic heterocycles. The smallest absolute Gasteiger partial charge is 0.241 e. The van der Waals surface area contributed by atoms with Crippen LogP contribution in [-0.4, -0.2) is 27.1 Å². The Morgan fingerprint density at radius 3 is 2.39 bits per heavy atom. The zero-order chi connectivity index (χ0) is 20.1. The molecule has 0 bridgehead atoms. The van der Waals surface area contributed by atoms with Crippen LogP contribution < -0.4 is 9.62 Å². The summed E-state index contributed by atoms with van der Waals surface area (Å²) < 4.78 is 25.5. The highest BCUT2D eigenvalue weighted by Crippen LogP contribution is 2.26. The van der Waals surface area contributed by atoms with Gasteiger partial charge in [0.25, 0.3) is 0 Å². The van der Waals surface area contributed by atoms with E-state index < -0.39 is 10.0 Å². The first kappa shape index (κ1) is 20.4. The van der Waals surface area contributed by atoms with Gasteiger partial charge < -0.3 is 5.32 Å². The number of benzene rings is 2. The first-order valence-corrected chi connectivity index (χ1v) is 11.7. The lowest BCUT2D eigenvalue weighted by molar-refractivity contribution is -0.120. The molecule has 0 radical (unpaired) electrons. The lowest BCUT2D eigenvalue weighted by Crippen LogP contribution is -2.41. The molecule has 150 valence electrons. The number of carbonyl (C=O) groups excluding carboxylic acids is 1. The molecule has 1 atom stereocenters. The van der Waals surface area contributed by atoms with Crippen LogP contribution in [0.2, 0.25) is 0 Å². The first-order valence-electron chi connectivity index (χ1n) is 9.82. The van der Waals surface area contributed by atoms with Gasteiger partial charge in [-0.05, 0) is 60.9 Å². The molecule has 0 spiro atoms. The molecule has 1 unspecified atom stereocenters. The summed E-state index contributed by atoms with van der Waals surface area (Å²) in [5.74, 6) is -0.307. The molecule has 0 fully saturated rings. The van der Waals surface area contributed by atoms with Crippen molar-refractivity contribution >= 4 is 21.6 Å². The third kappa shape index (κ3) is 4.93. The molecular weight excluding hydrogens is 372 g/mol. The quantitative estimate of drug-likeness (QED) is 0.772. The van der Waals surface area contributed by atoms with Gasteiger partial charge in [0.05, 0.1) is 18.0 Å². The van der Waals surface area contributed by atoms with Crippen LogP contribution in [-0.2, 0) is 27.7 Å². The van der Waals surface area contributed by atoms with Crippen LogP contribution >= 0.6 is 0 Å². The Morgan fingerprint density at radius 1 is 1.07 bits per heavy atom. The molecule has 1 amide bonds. The zero-order valence-corrected chi connectivity index (χ0v) is 17.3. The van der Waals surface area contributed by atoms with Crippen molar-refractivity contribution < 1.29 is 13.2 Å². The van der Waals surface area contributed by atoms with Gasteiger partial charge in [0.15, 0.2) is 0 Å². The highest BCUT2D eigenvalue weighted by Gasteiger charge is 2.23. The molecule has 2 aromatic carbocycles. The van der Waals surface area contributed by atoms with Crippen molar-refractivity contribution in [1.29, 1.82) is 0 Å². The second-order valence-electron chi connectivity index (χ2n) is 7.37. The number of anilines is 1. The monoisotopic (exact) mass is 400 g/mol. The van der Waals surface area contributed by atoms with Crippen molar-refractivity contribution in [3.8, 4) is 0 Å². The van der Waals surface area contributed by atoms with Crippen molar-refractivity contribution in [3.63, 3.8) is 0 Å². The van der Waals surface area contributed by atoms with E-state index in [0.717, 1.165) is 35.4 Å². The van der Waals surface area contributed by atoms with Crippen molar-refractivity contribution in [2.45, 2.75) is 45.1 Å². The molecule has 0 heterocycles. The van der Waals surface area contributed by atoms with E-state index in [9.17, 15) is 13.2 Å². The minimum atomic E-state index is -3.56. The Balaban J connectivity index is 1.74. The van der Waals surface area contributed by atoms with Crippen molar-refractivity contribution in [2.24, 2.45) is 0 Å². The largest absolute Gasteiger partial charge is 0.348 e. The Hall–Kier alpha value is -2.34. The predicted octanol–water partition coefficient (Wildman–Crippen LogP) is 3.60. The molecule has 3 rings (SSSR count). The van der Waals surface area contributed by atoms with Gasteiger partial charge in [-0.3, -0.25) is 9.10 Å². The fraction of sp³-hybridized carbons (Fsp3) is 0.409. The maximum absolute atomic E-state index is 12.7. The summed E-state index contributed by atoms with van der Waals surface area (Å²) in [5, 5.41) is 3.02. The van der Waals surface area contributed by atoms with Crippen molar-refractivity contribution in [2.75, 3.05) is 17.1 Å². The van der Waals surface area contributed by atoms with Crippen molar-refractivity contribution in [3.05, 3.63) is 65.2 Å². The van der Waals surface area contributed by atoms with Crippen LogP contribution in [0.5, 0.6) is 0 Å². The second-order valence-corrected chi connectivity index (χ2v) is 9.28. The van der Waals surface area contributed by atoms with Crippen LogP contribution in [0.25, 0.3) is 0 Å². The molecule has 0 aliphatic heterocycles. The van der Waals surface area contributed by atoms with Crippen LogP contribution in [0.1, 0.15) is 48.9 Å². The first-order chi connectivity index (χ1) is 13.4. The Bertz CT molecular complexity index is 926. The maximum Gasteiger partial charge on any atom is 0.241 e. The van der Waals surface area contributed by atoms with Gasteiger partial charge in [-0.15, -0.1) is 0 Å². The standard InChI is InChI=1S/C22H28N2O3S/c1-3-21(19-14-13-17-9-7-8-10-18(17)15-19)23-22(25)16-24(28(2,26)27)20-11-5-4-6-12-20/h4-6,11-15,21H,3,7-10,16H2,1-2H3,(H,23,25). The van der Waals surface area contributed by atoms with E-state index in [2.05, 4.69) is 23.5 Å². The molecule has 1 aliphatic rings. The molecule has 1 aliphatic carbocycles. The molecule has 2 aromatic rings. The minimum absolute atomic E-state index is 0.128. The third-order valence-corrected chi connectivity index (χ3v) is 6.39. The summed E-state index contributed by atoms with van der Waals surface area (Å²) in [6, 6.07) is 15.0. The highest BCUT2D eigenvalue weighted by atomic mass is 32.2. The number of aryl methyl sites for hydroxylation is 2. The number of nitrogens with one attached hydrogen (secondary N) is 1. The van der Waals surface area contributed by atoms with Crippen LogP contribution in [0.15, 0.2) is 48.5 Å². The Labute approximate surface area is 167 Å². The summed E-state index contributed by atoms with van der Waals surface area (Å²) >= 11 is 0. The minimum Gasteiger partial charge on any atom is -0.348 e. The van der Waals surface area contributed by atoms with E-state index in [4.69, 9.17) is 0 Å². The number of rotatable bonds is 7. The number of hydrogen-bond acceptors (Lipinski definition) is 3. The van der Waals surface area contributed by atoms with Gasteiger partial charge in [0, 0.05) is 0 Å². The van der Waals surface area contributed by atoms with Gasteiger partial charge in [-0.25, -0.2) is 8.42 Å². The van der Waals surface area contributed by atoms with Crippen molar-refractivity contribution in [1.82, 2.24) is 5.32 Å². The van der Waals surface area contributed by atoms with E-state index in [0.29, 0.717) is 5.69 Å². The average molecular weight is 401 g/mol.